The average Bonchev–Trinajstić information content (AvgIpc) is 3.50. The lowest BCUT2D eigenvalue weighted by atomic mass is 10.0. The van der Waals surface area contributed by atoms with E-state index in [-0.39, 0.29) is 11.5 Å². The molecule has 1 aliphatic rings. The molecule has 0 atom stereocenters. The van der Waals surface area contributed by atoms with Gasteiger partial charge in [-0.2, -0.15) is 10.2 Å². The van der Waals surface area contributed by atoms with Crippen molar-refractivity contribution in [1.29, 1.82) is 0 Å². The van der Waals surface area contributed by atoms with Crippen LogP contribution < -0.4 is 16.2 Å². The number of hydrogen-bond acceptors (Lipinski definition) is 7. The molecule has 3 aromatic heterocycles. The van der Waals surface area contributed by atoms with Crippen molar-refractivity contribution in [3.8, 4) is 11.3 Å². The van der Waals surface area contributed by atoms with Gasteiger partial charge in [-0.25, -0.2) is 5.10 Å². The number of hydrogen-bond donors (Lipinski definition) is 3. The lowest BCUT2D eigenvalue weighted by Gasteiger charge is -2.22. The number of thiophene rings is 1. The summed E-state index contributed by atoms with van der Waals surface area (Å²) in [7, 11) is 2.07. The highest BCUT2D eigenvalue weighted by molar-refractivity contribution is 7.20. The van der Waals surface area contributed by atoms with E-state index in [4.69, 9.17) is 0 Å². The Bertz CT molecular complexity index is 1670. The highest BCUT2D eigenvalue weighted by Gasteiger charge is 2.18. The summed E-state index contributed by atoms with van der Waals surface area (Å²) in [6, 6.07) is 19.2. The number of likely N-dealkylation sites (N-methyl/N-ethyl adjacent to an activating group) is 1. The zero-order chi connectivity index (χ0) is 25.5. The van der Waals surface area contributed by atoms with Gasteiger partial charge in [0, 0.05) is 35.1 Å². The average molecular weight is 512 g/mol. The van der Waals surface area contributed by atoms with Crippen LogP contribution >= 0.6 is 11.3 Å². The zero-order valence-corrected chi connectivity index (χ0v) is 21.2. The predicted molar refractivity (Wildman–Crippen MR) is 147 cm³/mol. The van der Waals surface area contributed by atoms with Crippen LogP contribution in [-0.4, -0.2) is 44.4 Å². The Balaban J connectivity index is 1.26. The van der Waals surface area contributed by atoms with Crippen molar-refractivity contribution >= 4 is 44.5 Å². The van der Waals surface area contributed by atoms with Gasteiger partial charge in [-0.3, -0.25) is 19.2 Å². The molecule has 5 aromatic rings. The zero-order valence-electron chi connectivity index (χ0n) is 20.4. The number of benzene rings is 2. The minimum absolute atomic E-state index is 0.160. The number of fused-ring (bicyclic) bond motifs is 2. The quantitative estimate of drug-likeness (QED) is 0.318. The number of carbonyl (C=O) groups is 1. The number of amides is 1. The number of aromatic amines is 1. The number of nitrogens with zero attached hydrogens (tertiary/aromatic N) is 4. The minimum Gasteiger partial charge on any atom is -0.334 e. The lowest BCUT2D eigenvalue weighted by Crippen LogP contribution is -2.30. The molecule has 0 saturated carbocycles. The Kier molecular flexibility index (Phi) is 5.82. The second kappa shape index (κ2) is 9.30. The van der Waals surface area contributed by atoms with Gasteiger partial charge in [-0.1, -0.05) is 30.3 Å². The molecule has 0 fully saturated rings. The fourth-order valence-corrected chi connectivity index (χ4v) is 5.52. The number of rotatable bonds is 5. The fourth-order valence-electron chi connectivity index (χ4n) is 4.56. The second-order valence-corrected chi connectivity index (χ2v) is 10.3. The molecule has 10 heteroatoms. The van der Waals surface area contributed by atoms with Gasteiger partial charge >= 0.3 is 0 Å². The topological polar surface area (TPSA) is 108 Å². The summed E-state index contributed by atoms with van der Waals surface area (Å²) in [5.74, 6) is 0.460. The van der Waals surface area contributed by atoms with Crippen LogP contribution in [0, 0.1) is 6.92 Å². The van der Waals surface area contributed by atoms with Crippen LogP contribution in [0.1, 0.15) is 20.9 Å². The molecule has 0 radical (unpaired) electrons. The summed E-state index contributed by atoms with van der Waals surface area (Å²) >= 11 is 1.46. The molecule has 6 rings (SSSR count). The van der Waals surface area contributed by atoms with Crippen LogP contribution in [0.4, 0.5) is 17.2 Å². The summed E-state index contributed by atoms with van der Waals surface area (Å²) in [5, 5.41) is 18.7. The van der Waals surface area contributed by atoms with Crippen molar-refractivity contribution < 1.29 is 4.79 Å². The summed E-state index contributed by atoms with van der Waals surface area (Å²) < 4.78 is 3.03. The number of nitrogens with one attached hydrogen (secondary N) is 3. The Hall–Kier alpha value is -4.28. The molecular weight excluding hydrogens is 486 g/mol. The highest BCUT2D eigenvalue weighted by atomic mass is 32.1. The molecule has 0 aliphatic carbocycles. The van der Waals surface area contributed by atoms with Gasteiger partial charge in [0.25, 0.3) is 11.5 Å². The van der Waals surface area contributed by atoms with Crippen molar-refractivity contribution in [2.75, 3.05) is 24.2 Å². The molecule has 0 bridgehead atoms. The predicted octanol–water partition coefficient (Wildman–Crippen LogP) is 4.60. The normalized spacial score (nSPS) is 13.5. The van der Waals surface area contributed by atoms with Gasteiger partial charge in [0.15, 0.2) is 5.82 Å². The van der Waals surface area contributed by atoms with Crippen LogP contribution in [-0.2, 0) is 13.1 Å². The van der Waals surface area contributed by atoms with Gasteiger partial charge in [0.1, 0.15) is 5.69 Å². The van der Waals surface area contributed by atoms with Crippen molar-refractivity contribution in [3.63, 3.8) is 0 Å². The van der Waals surface area contributed by atoms with Gasteiger partial charge in [0.05, 0.1) is 22.8 Å². The van der Waals surface area contributed by atoms with E-state index in [2.05, 4.69) is 37.9 Å². The molecular formula is C27H25N7O2S. The SMILES string of the molecule is Cc1c(NC(=O)c2cc3ccccc3s2)cccc1-c1cc(Nc2cc3n(n2)CCN(C)C3)c(=O)[nH]n1. The largest absolute Gasteiger partial charge is 0.334 e. The summed E-state index contributed by atoms with van der Waals surface area (Å²) in [6.07, 6.45) is 0. The molecule has 9 nitrogen and oxygen atoms in total. The molecule has 2 aromatic carbocycles. The van der Waals surface area contributed by atoms with E-state index in [1.165, 1.54) is 11.3 Å². The van der Waals surface area contributed by atoms with E-state index in [0.29, 0.717) is 27.8 Å². The molecule has 1 amide bonds. The third-order valence-corrected chi connectivity index (χ3v) is 7.68. The van der Waals surface area contributed by atoms with Gasteiger partial charge < -0.3 is 10.6 Å². The van der Waals surface area contributed by atoms with Gasteiger partial charge in [0.2, 0.25) is 0 Å². The molecule has 0 unspecified atom stereocenters. The summed E-state index contributed by atoms with van der Waals surface area (Å²) in [4.78, 5) is 28.4. The molecule has 4 heterocycles. The van der Waals surface area contributed by atoms with E-state index in [1.54, 1.807) is 6.07 Å². The van der Waals surface area contributed by atoms with Crippen molar-refractivity contribution in [2.45, 2.75) is 20.0 Å². The molecule has 37 heavy (non-hydrogen) atoms. The van der Waals surface area contributed by atoms with E-state index in [9.17, 15) is 9.59 Å². The van der Waals surface area contributed by atoms with E-state index in [0.717, 1.165) is 46.5 Å². The first-order valence-electron chi connectivity index (χ1n) is 12.0. The van der Waals surface area contributed by atoms with E-state index < -0.39 is 0 Å². The molecule has 186 valence electrons. The van der Waals surface area contributed by atoms with Crippen molar-refractivity contribution in [1.82, 2.24) is 24.9 Å². The van der Waals surface area contributed by atoms with Crippen LogP contribution in [0.25, 0.3) is 21.3 Å². The van der Waals surface area contributed by atoms with Crippen LogP contribution in [0.2, 0.25) is 0 Å². The van der Waals surface area contributed by atoms with Gasteiger partial charge in [-0.15, -0.1) is 11.3 Å². The number of H-pyrrole nitrogens is 1. The third kappa shape index (κ3) is 4.52. The van der Waals surface area contributed by atoms with Crippen LogP contribution in [0.5, 0.6) is 0 Å². The maximum atomic E-state index is 13.0. The molecule has 0 saturated heterocycles. The first kappa shape index (κ1) is 23.1. The van der Waals surface area contributed by atoms with Crippen molar-refractivity contribution in [3.05, 3.63) is 87.2 Å². The number of anilines is 3. The maximum absolute atomic E-state index is 13.0. The van der Waals surface area contributed by atoms with Crippen LogP contribution in [0.3, 0.4) is 0 Å². The summed E-state index contributed by atoms with van der Waals surface area (Å²) in [5.41, 5.74) is 4.04. The molecule has 3 N–H and O–H groups in total. The number of aromatic nitrogens is 4. The van der Waals surface area contributed by atoms with E-state index >= 15 is 0 Å². The minimum atomic E-state index is -0.335. The molecule has 0 spiro atoms. The lowest BCUT2D eigenvalue weighted by molar-refractivity contribution is 0.103. The molecule has 1 aliphatic heterocycles. The second-order valence-electron chi connectivity index (χ2n) is 9.18. The van der Waals surface area contributed by atoms with Crippen LogP contribution in [0.15, 0.2) is 65.5 Å². The van der Waals surface area contributed by atoms with Gasteiger partial charge in [-0.05, 0) is 49.2 Å². The smallest absolute Gasteiger partial charge is 0.287 e. The third-order valence-electron chi connectivity index (χ3n) is 6.56. The number of carbonyl (C=O) groups excluding carboxylic acids is 1. The summed E-state index contributed by atoms with van der Waals surface area (Å²) in [6.45, 7) is 4.48. The first-order valence-corrected chi connectivity index (χ1v) is 12.8. The van der Waals surface area contributed by atoms with E-state index in [1.807, 2.05) is 66.2 Å². The Morgan fingerprint density at radius 1 is 1.05 bits per heavy atom. The Morgan fingerprint density at radius 3 is 2.78 bits per heavy atom. The Morgan fingerprint density at radius 2 is 1.92 bits per heavy atom. The fraction of sp³-hybridized carbons (Fsp3) is 0.185. The highest BCUT2D eigenvalue weighted by Crippen LogP contribution is 2.30. The Labute approximate surface area is 216 Å². The monoisotopic (exact) mass is 511 g/mol. The first-order chi connectivity index (χ1) is 17.9. The standard InChI is InChI=1S/C27H25N7O2S/c1-16-19(7-5-8-20(16)29-27(36)24-12-17-6-3-4-9-23(17)37-24)21-14-22(26(35)31-30-21)28-25-13-18-15-33(2)10-11-34(18)32-25/h3-9,12-14H,10-11,15H2,1-2H3,(H,29,36)(H,31,35)(H,28,30,32). The maximum Gasteiger partial charge on any atom is 0.287 e. The van der Waals surface area contributed by atoms with Crippen molar-refractivity contribution in [2.24, 2.45) is 0 Å².